The number of benzene rings is 2. The number of nitrogens with one attached hydrogen (secondary N) is 1. The van der Waals surface area contributed by atoms with Gasteiger partial charge in [0.15, 0.2) is 0 Å². The van der Waals surface area contributed by atoms with Crippen LogP contribution in [0, 0.1) is 23.0 Å². The minimum absolute atomic E-state index is 0.0379. The second kappa shape index (κ2) is 6.13. The quantitative estimate of drug-likeness (QED) is 0.901. The number of rotatable bonds is 4. The number of nitrogens with zero attached hydrogens (tertiary/aromatic N) is 1. The SMILES string of the molecule is N#Cc1ccc(NCC(O)c2c(F)cccc2F)cc1. The molecule has 0 saturated carbocycles. The zero-order valence-electron chi connectivity index (χ0n) is 10.5. The fourth-order valence-electron chi connectivity index (χ4n) is 1.81. The van der Waals surface area contributed by atoms with Crippen LogP contribution in [0.3, 0.4) is 0 Å². The van der Waals surface area contributed by atoms with Crippen LogP contribution in [-0.2, 0) is 0 Å². The molecule has 2 aromatic rings. The third kappa shape index (κ3) is 3.11. The summed E-state index contributed by atoms with van der Waals surface area (Å²) in [4.78, 5) is 0. The molecule has 1 atom stereocenters. The van der Waals surface area contributed by atoms with Crippen molar-refractivity contribution < 1.29 is 13.9 Å². The highest BCUT2D eigenvalue weighted by molar-refractivity contribution is 5.47. The third-order valence-corrected chi connectivity index (χ3v) is 2.85. The van der Waals surface area contributed by atoms with Crippen LogP contribution in [0.1, 0.15) is 17.2 Å². The molecule has 3 nitrogen and oxygen atoms in total. The number of aliphatic hydroxyl groups is 1. The van der Waals surface area contributed by atoms with Crippen LogP contribution >= 0.6 is 0 Å². The summed E-state index contributed by atoms with van der Waals surface area (Å²) in [7, 11) is 0. The highest BCUT2D eigenvalue weighted by atomic mass is 19.1. The topological polar surface area (TPSA) is 56.0 Å². The van der Waals surface area contributed by atoms with Gasteiger partial charge < -0.3 is 10.4 Å². The van der Waals surface area contributed by atoms with Crippen molar-refractivity contribution in [1.29, 1.82) is 5.26 Å². The summed E-state index contributed by atoms with van der Waals surface area (Å²) >= 11 is 0. The first-order chi connectivity index (χ1) is 9.61. The summed E-state index contributed by atoms with van der Waals surface area (Å²) in [6.45, 7) is -0.0379. The van der Waals surface area contributed by atoms with Crippen molar-refractivity contribution in [2.45, 2.75) is 6.10 Å². The largest absolute Gasteiger partial charge is 0.386 e. The van der Waals surface area contributed by atoms with Crippen LogP contribution in [0.15, 0.2) is 42.5 Å². The van der Waals surface area contributed by atoms with Crippen molar-refractivity contribution in [3.63, 3.8) is 0 Å². The van der Waals surface area contributed by atoms with Gasteiger partial charge in [0.25, 0.3) is 0 Å². The van der Waals surface area contributed by atoms with Crippen LogP contribution in [0.4, 0.5) is 14.5 Å². The van der Waals surface area contributed by atoms with Crippen LogP contribution in [-0.4, -0.2) is 11.7 Å². The summed E-state index contributed by atoms with van der Waals surface area (Å²) in [6, 6.07) is 12.0. The van der Waals surface area contributed by atoms with Gasteiger partial charge in [-0.05, 0) is 36.4 Å². The van der Waals surface area contributed by atoms with Crippen molar-refractivity contribution in [2.75, 3.05) is 11.9 Å². The standard InChI is InChI=1S/C15H12F2N2O/c16-12-2-1-3-13(17)15(12)14(20)9-19-11-6-4-10(8-18)5-7-11/h1-7,14,19-20H,9H2. The van der Waals surface area contributed by atoms with Gasteiger partial charge in [-0.1, -0.05) is 6.07 Å². The van der Waals surface area contributed by atoms with Crippen LogP contribution in [0.5, 0.6) is 0 Å². The molecule has 0 amide bonds. The fourth-order valence-corrected chi connectivity index (χ4v) is 1.81. The van der Waals surface area contributed by atoms with Gasteiger partial charge in [-0.3, -0.25) is 0 Å². The molecular formula is C15H12F2N2O. The van der Waals surface area contributed by atoms with E-state index in [9.17, 15) is 13.9 Å². The Labute approximate surface area is 115 Å². The molecule has 0 spiro atoms. The second-order valence-corrected chi connectivity index (χ2v) is 4.22. The molecule has 0 aliphatic carbocycles. The Hall–Kier alpha value is -2.45. The summed E-state index contributed by atoms with van der Waals surface area (Å²) in [5.41, 5.74) is 0.810. The molecule has 2 aromatic carbocycles. The first-order valence-corrected chi connectivity index (χ1v) is 5.98. The van der Waals surface area contributed by atoms with E-state index in [0.29, 0.717) is 11.3 Å². The van der Waals surface area contributed by atoms with E-state index in [1.165, 1.54) is 6.07 Å². The average molecular weight is 274 g/mol. The second-order valence-electron chi connectivity index (χ2n) is 4.22. The van der Waals surface area contributed by atoms with E-state index in [1.807, 2.05) is 6.07 Å². The number of anilines is 1. The van der Waals surface area contributed by atoms with Gasteiger partial charge >= 0.3 is 0 Å². The molecule has 2 rings (SSSR count). The molecule has 5 heteroatoms. The summed E-state index contributed by atoms with van der Waals surface area (Å²) in [6.07, 6.45) is -1.30. The average Bonchev–Trinajstić information content (AvgIpc) is 2.45. The third-order valence-electron chi connectivity index (χ3n) is 2.85. The number of aliphatic hydroxyl groups excluding tert-OH is 1. The van der Waals surface area contributed by atoms with E-state index >= 15 is 0 Å². The molecule has 2 N–H and O–H groups in total. The molecule has 1 unspecified atom stereocenters. The Morgan fingerprint density at radius 3 is 2.25 bits per heavy atom. The molecule has 102 valence electrons. The van der Waals surface area contributed by atoms with E-state index < -0.39 is 17.7 Å². The van der Waals surface area contributed by atoms with E-state index in [0.717, 1.165) is 12.1 Å². The molecular weight excluding hydrogens is 262 g/mol. The zero-order chi connectivity index (χ0) is 14.5. The molecule has 0 fully saturated rings. The normalized spacial score (nSPS) is 11.7. The van der Waals surface area contributed by atoms with Gasteiger partial charge in [0.05, 0.1) is 17.2 Å². The smallest absolute Gasteiger partial charge is 0.132 e. The van der Waals surface area contributed by atoms with E-state index in [-0.39, 0.29) is 12.1 Å². The predicted octanol–water partition coefficient (Wildman–Crippen LogP) is 2.98. The first kappa shape index (κ1) is 14.0. The molecule has 0 heterocycles. The Morgan fingerprint density at radius 2 is 1.70 bits per heavy atom. The number of nitriles is 1. The van der Waals surface area contributed by atoms with Gasteiger partial charge in [-0.15, -0.1) is 0 Å². The van der Waals surface area contributed by atoms with Gasteiger partial charge in [-0.2, -0.15) is 5.26 Å². The Bertz CT molecular complexity index is 615. The van der Waals surface area contributed by atoms with Crippen molar-refractivity contribution in [3.05, 3.63) is 65.2 Å². The van der Waals surface area contributed by atoms with Gasteiger partial charge in [0, 0.05) is 12.2 Å². The number of hydrogen-bond donors (Lipinski definition) is 2. The van der Waals surface area contributed by atoms with Crippen molar-refractivity contribution in [3.8, 4) is 6.07 Å². The lowest BCUT2D eigenvalue weighted by atomic mass is 10.1. The van der Waals surface area contributed by atoms with Crippen molar-refractivity contribution in [2.24, 2.45) is 0 Å². The first-order valence-electron chi connectivity index (χ1n) is 5.98. The Kier molecular flexibility index (Phi) is 4.28. The summed E-state index contributed by atoms with van der Waals surface area (Å²) in [5.74, 6) is -1.56. The predicted molar refractivity (Wildman–Crippen MR) is 71.0 cm³/mol. The monoisotopic (exact) mass is 274 g/mol. The molecule has 20 heavy (non-hydrogen) atoms. The maximum absolute atomic E-state index is 13.5. The minimum atomic E-state index is -1.30. The van der Waals surface area contributed by atoms with E-state index in [1.54, 1.807) is 24.3 Å². The summed E-state index contributed by atoms with van der Waals surface area (Å²) in [5, 5.41) is 21.4. The van der Waals surface area contributed by atoms with Crippen LogP contribution in [0.25, 0.3) is 0 Å². The molecule has 0 saturated heterocycles. The Morgan fingerprint density at radius 1 is 1.10 bits per heavy atom. The van der Waals surface area contributed by atoms with Crippen LogP contribution in [0.2, 0.25) is 0 Å². The lowest BCUT2D eigenvalue weighted by Crippen LogP contribution is -2.15. The zero-order valence-corrected chi connectivity index (χ0v) is 10.5. The summed E-state index contributed by atoms with van der Waals surface area (Å²) < 4.78 is 26.9. The highest BCUT2D eigenvalue weighted by Gasteiger charge is 2.17. The number of halogens is 2. The fraction of sp³-hybridized carbons (Fsp3) is 0.133. The molecule has 0 bridgehead atoms. The minimum Gasteiger partial charge on any atom is -0.386 e. The van der Waals surface area contributed by atoms with Gasteiger partial charge in [-0.25, -0.2) is 8.78 Å². The van der Waals surface area contributed by atoms with Crippen LogP contribution < -0.4 is 5.32 Å². The lowest BCUT2D eigenvalue weighted by Gasteiger charge is -2.14. The Balaban J connectivity index is 2.05. The van der Waals surface area contributed by atoms with E-state index in [2.05, 4.69) is 5.32 Å². The van der Waals surface area contributed by atoms with Crippen molar-refractivity contribution >= 4 is 5.69 Å². The van der Waals surface area contributed by atoms with Gasteiger partial charge in [0.1, 0.15) is 17.7 Å². The molecule has 0 aliphatic heterocycles. The van der Waals surface area contributed by atoms with E-state index in [4.69, 9.17) is 5.26 Å². The lowest BCUT2D eigenvalue weighted by molar-refractivity contribution is 0.181. The highest BCUT2D eigenvalue weighted by Crippen LogP contribution is 2.21. The molecule has 0 aliphatic rings. The van der Waals surface area contributed by atoms with Gasteiger partial charge in [0.2, 0.25) is 0 Å². The maximum atomic E-state index is 13.5. The number of hydrogen-bond acceptors (Lipinski definition) is 3. The molecule has 0 aromatic heterocycles. The van der Waals surface area contributed by atoms with Crippen molar-refractivity contribution in [1.82, 2.24) is 0 Å². The maximum Gasteiger partial charge on any atom is 0.132 e. The molecule has 0 radical (unpaired) electrons.